The average Bonchev–Trinajstić information content (AvgIpc) is 3.22. The zero-order chi connectivity index (χ0) is 15.3. The SMILES string of the molecule is CCCNC(CN(C)CC1CCCO1)(C(=O)OC)C1CC1. The van der Waals surface area contributed by atoms with E-state index in [0.29, 0.717) is 18.6 Å². The number of esters is 1. The molecule has 2 fully saturated rings. The van der Waals surface area contributed by atoms with Crippen molar-refractivity contribution < 1.29 is 14.3 Å². The molecule has 1 aliphatic heterocycles. The van der Waals surface area contributed by atoms with Gasteiger partial charge in [-0.3, -0.25) is 0 Å². The number of hydrogen-bond donors (Lipinski definition) is 1. The molecule has 0 bridgehead atoms. The lowest BCUT2D eigenvalue weighted by Crippen LogP contribution is -2.61. The molecule has 0 spiro atoms. The lowest BCUT2D eigenvalue weighted by atomic mass is 9.91. The Labute approximate surface area is 128 Å². The fourth-order valence-corrected chi connectivity index (χ4v) is 3.37. The van der Waals surface area contributed by atoms with Crippen LogP contribution in [0.1, 0.15) is 39.0 Å². The van der Waals surface area contributed by atoms with Crippen LogP contribution >= 0.6 is 0 Å². The highest BCUT2D eigenvalue weighted by Crippen LogP contribution is 2.41. The second kappa shape index (κ2) is 7.56. The molecule has 1 saturated heterocycles. The van der Waals surface area contributed by atoms with Crippen molar-refractivity contribution in [2.24, 2.45) is 5.92 Å². The molecular formula is C16H30N2O3. The number of carbonyl (C=O) groups excluding carboxylic acids is 1. The zero-order valence-electron chi connectivity index (χ0n) is 13.7. The number of carbonyl (C=O) groups is 1. The lowest BCUT2D eigenvalue weighted by Gasteiger charge is -2.36. The van der Waals surface area contributed by atoms with Gasteiger partial charge in [0, 0.05) is 19.7 Å². The number of rotatable bonds is 9. The van der Waals surface area contributed by atoms with Crippen LogP contribution in [-0.4, -0.2) is 62.9 Å². The molecule has 122 valence electrons. The van der Waals surface area contributed by atoms with Gasteiger partial charge in [-0.05, 0) is 51.6 Å². The van der Waals surface area contributed by atoms with E-state index < -0.39 is 5.54 Å². The zero-order valence-corrected chi connectivity index (χ0v) is 13.7. The highest BCUT2D eigenvalue weighted by molar-refractivity contribution is 5.82. The van der Waals surface area contributed by atoms with Gasteiger partial charge in [-0.1, -0.05) is 6.92 Å². The van der Waals surface area contributed by atoms with Crippen molar-refractivity contribution >= 4 is 5.97 Å². The Hall–Kier alpha value is -0.650. The smallest absolute Gasteiger partial charge is 0.327 e. The van der Waals surface area contributed by atoms with Crippen molar-refractivity contribution in [3.63, 3.8) is 0 Å². The molecule has 5 nitrogen and oxygen atoms in total. The highest BCUT2D eigenvalue weighted by Gasteiger charge is 2.52. The molecule has 5 heteroatoms. The van der Waals surface area contributed by atoms with Crippen LogP contribution in [0.25, 0.3) is 0 Å². The Balaban J connectivity index is 2.00. The van der Waals surface area contributed by atoms with Crippen molar-refractivity contribution in [1.29, 1.82) is 0 Å². The van der Waals surface area contributed by atoms with Crippen molar-refractivity contribution in [1.82, 2.24) is 10.2 Å². The van der Waals surface area contributed by atoms with Gasteiger partial charge in [0.05, 0.1) is 13.2 Å². The van der Waals surface area contributed by atoms with Crippen LogP contribution in [0.4, 0.5) is 0 Å². The van der Waals surface area contributed by atoms with Crippen LogP contribution in [0.3, 0.4) is 0 Å². The number of hydrogen-bond acceptors (Lipinski definition) is 5. The largest absolute Gasteiger partial charge is 0.468 e. The predicted molar refractivity (Wildman–Crippen MR) is 82.2 cm³/mol. The quantitative estimate of drug-likeness (QED) is 0.652. The minimum atomic E-state index is -0.544. The van der Waals surface area contributed by atoms with E-state index >= 15 is 0 Å². The minimum absolute atomic E-state index is 0.113. The van der Waals surface area contributed by atoms with E-state index in [0.717, 1.165) is 51.8 Å². The van der Waals surface area contributed by atoms with Gasteiger partial charge in [0.1, 0.15) is 5.54 Å². The van der Waals surface area contributed by atoms with Crippen molar-refractivity contribution in [3.05, 3.63) is 0 Å². The number of nitrogens with zero attached hydrogens (tertiary/aromatic N) is 1. The first-order valence-corrected chi connectivity index (χ1v) is 8.26. The maximum atomic E-state index is 12.5. The van der Waals surface area contributed by atoms with Gasteiger partial charge >= 0.3 is 5.97 Å². The second-order valence-corrected chi connectivity index (χ2v) is 6.50. The summed E-state index contributed by atoms with van der Waals surface area (Å²) in [5, 5.41) is 3.49. The number of methoxy groups -OCH3 is 1. The van der Waals surface area contributed by atoms with Gasteiger partial charge < -0.3 is 19.7 Å². The second-order valence-electron chi connectivity index (χ2n) is 6.50. The fourth-order valence-electron chi connectivity index (χ4n) is 3.37. The van der Waals surface area contributed by atoms with E-state index in [9.17, 15) is 4.79 Å². The lowest BCUT2D eigenvalue weighted by molar-refractivity contribution is -0.150. The summed E-state index contributed by atoms with van der Waals surface area (Å²) in [6.07, 6.45) is 5.83. The summed E-state index contributed by atoms with van der Waals surface area (Å²) in [5.74, 6) is 0.293. The molecule has 21 heavy (non-hydrogen) atoms. The first-order valence-electron chi connectivity index (χ1n) is 8.26. The summed E-state index contributed by atoms with van der Waals surface area (Å²) in [6, 6.07) is 0. The third kappa shape index (κ3) is 4.18. The van der Waals surface area contributed by atoms with Crippen LogP contribution < -0.4 is 5.32 Å². The average molecular weight is 298 g/mol. The molecular weight excluding hydrogens is 268 g/mol. The summed E-state index contributed by atoms with van der Waals surface area (Å²) < 4.78 is 10.8. The Morgan fingerprint density at radius 3 is 2.71 bits per heavy atom. The Morgan fingerprint density at radius 1 is 1.43 bits per heavy atom. The van der Waals surface area contributed by atoms with Crippen LogP contribution in [0, 0.1) is 5.92 Å². The van der Waals surface area contributed by atoms with Gasteiger partial charge in [0.25, 0.3) is 0 Å². The number of ether oxygens (including phenoxy) is 2. The first-order chi connectivity index (χ1) is 10.1. The van der Waals surface area contributed by atoms with Crippen molar-refractivity contribution in [2.45, 2.75) is 50.7 Å². The molecule has 2 rings (SSSR count). The summed E-state index contributed by atoms with van der Waals surface area (Å²) >= 11 is 0. The molecule has 1 heterocycles. The Bertz CT molecular complexity index is 340. The molecule has 2 unspecified atom stereocenters. The van der Waals surface area contributed by atoms with Crippen molar-refractivity contribution in [2.75, 3.05) is 40.4 Å². The predicted octanol–water partition coefficient (Wildman–Crippen LogP) is 1.42. The molecule has 2 aliphatic rings. The number of likely N-dealkylation sites (N-methyl/N-ethyl adjacent to an activating group) is 1. The first kappa shape index (κ1) is 16.7. The van der Waals surface area contributed by atoms with Gasteiger partial charge in [0.15, 0.2) is 0 Å². The van der Waals surface area contributed by atoms with E-state index in [-0.39, 0.29) is 5.97 Å². The molecule has 0 aromatic carbocycles. The molecule has 0 amide bonds. The van der Waals surface area contributed by atoms with E-state index in [2.05, 4.69) is 24.2 Å². The van der Waals surface area contributed by atoms with Crippen LogP contribution in [0.2, 0.25) is 0 Å². The minimum Gasteiger partial charge on any atom is -0.468 e. The molecule has 2 atom stereocenters. The maximum absolute atomic E-state index is 12.5. The van der Waals surface area contributed by atoms with E-state index in [1.165, 1.54) is 7.11 Å². The molecule has 0 aromatic rings. The summed E-state index contributed by atoms with van der Waals surface area (Å²) in [6.45, 7) is 5.43. The molecule has 1 N–H and O–H groups in total. The highest BCUT2D eigenvalue weighted by atomic mass is 16.5. The Kier molecular flexibility index (Phi) is 6.02. The summed E-state index contributed by atoms with van der Waals surface area (Å²) in [4.78, 5) is 14.7. The van der Waals surface area contributed by atoms with Gasteiger partial charge in [0.2, 0.25) is 0 Å². The molecule has 1 aliphatic carbocycles. The molecule has 1 saturated carbocycles. The maximum Gasteiger partial charge on any atom is 0.327 e. The summed E-state index contributed by atoms with van der Waals surface area (Å²) in [7, 11) is 3.57. The van der Waals surface area contributed by atoms with Crippen molar-refractivity contribution in [3.8, 4) is 0 Å². The summed E-state index contributed by atoms with van der Waals surface area (Å²) in [5.41, 5.74) is -0.544. The fraction of sp³-hybridized carbons (Fsp3) is 0.938. The van der Waals surface area contributed by atoms with Crippen LogP contribution in [0.5, 0.6) is 0 Å². The Morgan fingerprint density at radius 2 is 2.19 bits per heavy atom. The van der Waals surface area contributed by atoms with Crippen LogP contribution in [0.15, 0.2) is 0 Å². The topological polar surface area (TPSA) is 50.8 Å². The molecule has 0 aromatic heterocycles. The monoisotopic (exact) mass is 298 g/mol. The van der Waals surface area contributed by atoms with E-state index in [4.69, 9.17) is 9.47 Å². The van der Waals surface area contributed by atoms with E-state index in [1.807, 2.05) is 0 Å². The normalized spacial score (nSPS) is 25.0. The van der Waals surface area contributed by atoms with Gasteiger partial charge in [-0.25, -0.2) is 4.79 Å². The van der Waals surface area contributed by atoms with Gasteiger partial charge in [-0.2, -0.15) is 0 Å². The van der Waals surface area contributed by atoms with E-state index in [1.54, 1.807) is 0 Å². The third-order valence-electron chi connectivity index (χ3n) is 4.57. The number of nitrogens with one attached hydrogen (secondary N) is 1. The van der Waals surface area contributed by atoms with Crippen LogP contribution in [-0.2, 0) is 14.3 Å². The molecule has 0 radical (unpaired) electrons. The third-order valence-corrected chi connectivity index (χ3v) is 4.57. The van der Waals surface area contributed by atoms with Gasteiger partial charge in [-0.15, -0.1) is 0 Å². The standard InChI is InChI=1S/C16H30N2O3/c1-4-9-17-16(13-7-8-13,15(19)20-3)12-18(2)11-14-6-5-10-21-14/h13-14,17H,4-12H2,1-3H3.